The summed E-state index contributed by atoms with van der Waals surface area (Å²) in [5.41, 5.74) is 3.66. The Labute approximate surface area is 201 Å². The third-order valence-corrected chi connectivity index (χ3v) is 6.84. The predicted molar refractivity (Wildman–Crippen MR) is 132 cm³/mol. The fraction of sp³-hybridized carbons (Fsp3) is 0.269. The van der Waals surface area contributed by atoms with Crippen molar-refractivity contribution in [3.05, 3.63) is 101 Å². The van der Waals surface area contributed by atoms with E-state index in [0.29, 0.717) is 31.5 Å². The number of carbonyl (C=O) groups is 1. The molecule has 170 valence electrons. The third-order valence-electron chi connectivity index (χ3n) is 5.60. The van der Waals surface area contributed by atoms with E-state index in [0.717, 1.165) is 11.1 Å². The van der Waals surface area contributed by atoms with Crippen molar-refractivity contribution in [3.63, 3.8) is 0 Å². The first-order valence-electron chi connectivity index (χ1n) is 10.8. The number of esters is 1. The summed E-state index contributed by atoms with van der Waals surface area (Å²) >= 11 is 7.41. The van der Waals surface area contributed by atoms with E-state index in [2.05, 4.69) is 31.0 Å². The standard InChI is InChI=1S/C26H25ClN2O3S/c1-5-32-25(31)22-16(4)28-26-29(23(22)19-10-12-20(27)13-11-19)24(30)21(33-26)14-17-6-8-18(9-7-17)15(2)3/h6-15,23H,5H2,1-4H3/b21-14+. The van der Waals surface area contributed by atoms with Crippen molar-refractivity contribution in [1.82, 2.24) is 4.57 Å². The topological polar surface area (TPSA) is 60.7 Å². The molecule has 0 bridgehead atoms. The van der Waals surface area contributed by atoms with Crippen LogP contribution in [0, 0.1) is 0 Å². The van der Waals surface area contributed by atoms with Crippen molar-refractivity contribution in [2.75, 3.05) is 6.61 Å². The van der Waals surface area contributed by atoms with Crippen LogP contribution < -0.4 is 14.9 Å². The first-order chi connectivity index (χ1) is 15.8. The highest BCUT2D eigenvalue weighted by atomic mass is 35.5. The largest absolute Gasteiger partial charge is 0.463 e. The minimum atomic E-state index is -0.636. The Morgan fingerprint density at radius 1 is 1.18 bits per heavy atom. The lowest BCUT2D eigenvalue weighted by molar-refractivity contribution is -0.139. The number of allylic oxidation sites excluding steroid dienone is 1. The van der Waals surface area contributed by atoms with Crippen LogP contribution in [0.5, 0.6) is 0 Å². The molecule has 5 nitrogen and oxygen atoms in total. The van der Waals surface area contributed by atoms with Gasteiger partial charge in [-0.05, 0) is 54.7 Å². The molecule has 1 aliphatic rings. The van der Waals surface area contributed by atoms with Crippen LogP contribution in [0.25, 0.3) is 6.08 Å². The number of carbonyl (C=O) groups excluding carboxylic acids is 1. The Kier molecular flexibility index (Phi) is 6.68. The van der Waals surface area contributed by atoms with Gasteiger partial charge in [0.15, 0.2) is 4.80 Å². The Hall–Kier alpha value is -2.96. The molecular formula is C26H25ClN2O3S. The number of aromatic nitrogens is 1. The van der Waals surface area contributed by atoms with Gasteiger partial charge in [-0.2, -0.15) is 0 Å². The summed E-state index contributed by atoms with van der Waals surface area (Å²) in [6, 6.07) is 14.7. The third kappa shape index (κ3) is 4.59. The van der Waals surface area contributed by atoms with Crippen LogP contribution in [0.4, 0.5) is 0 Å². The van der Waals surface area contributed by atoms with Crippen molar-refractivity contribution in [3.8, 4) is 0 Å². The van der Waals surface area contributed by atoms with Crippen LogP contribution in [0.1, 0.15) is 56.3 Å². The number of halogens is 1. The molecule has 3 aromatic rings. The summed E-state index contributed by atoms with van der Waals surface area (Å²) in [6.07, 6.45) is 1.87. The van der Waals surface area contributed by atoms with Gasteiger partial charge >= 0.3 is 5.97 Å². The minimum absolute atomic E-state index is 0.194. The summed E-state index contributed by atoms with van der Waals surface area (Å²) in [6.45, 7) is 8.06. The van der Waals surface area contributed by atoms with E-state index < -0.39 is 12.0 Å². The number of hydrogen-bond donors (Lipinski definition) is 0. The number of rotatable bonds is 5. The zero-order valence-corrected chi connectivity index (χ0v) is 20.5. The summed E-state index contributed by atoms with van der Waals surface area (Å²) in [5.74, 6) is -0.0368. The second-order valence-corrected chi connectivity index (χ2v) is 9.62. The number of nitrogens with zero attached hydrogens (tertiary/aromatic N) is 2. The predicted octanol–water partition coefficient (Wildman–Crippen LogP) is 4.58. The molecule has 2 heterocycles. The van der Waals surface area contributed by atoms with Crippen LogP contribution in [-0.4, -0.2) is 17.1 Å². The second kappa shape index (κ2) is 9.49. The highest BCUT2D eigenvalue weighted by Gasteiger charge is 2.33. The molecule has 0 fully saturated rings. The van der Waals surface area contributed by atoms with Gasteiger partial charge in [-0.1, -0.05) is 73.2 Å². The summed E-state index contributed by atoms with van der Waals surface area (Å²) in [7, 11) is 0. The van der Waals surface area contributed by atoms with Gasteiger partial charge in [0.25, 0.3) is 5.56 Å². The highest BCUT2D eigenvalue weighted by molar-refractivity contribution is 7.07. The maximum absolute atomic E-state index is 13.6. The number of thiazole rings is 1. The molecule has 0 spiro atoms. The fourth-order valence-electron chi connectivity index (χ4n) is 3.88. The maximum atomic E-state index is 13.6. The van der Waals surface area contributed by atoms with Gasteiger partial charge in [-0.15, -0.1) is 0 Å². The van der Waals surface area contributed by atoms with Crippen molar-refractivity contribution >= 4 is 35.0 Å². The molecule has 1 unspecified atom stereocenters. The van der Waals surface area contributed by atoms with Gasteiger partial charge in [0, 0.05) is 5.02 Å². The van der Waals surface area contributed by atoms with Gasteiger partial charge in [-0.3, -0.25) is 9.36 Å². The Balaban J connectivity index is 1.90. The molecule has 1 atom stereocenters. The molecule has 0 N–H and O–H groups in total. The van der Waals surface area contributed by atoms with Crippen molar-refractivity contribution < 1.29 is 9.53 Å². The number of hydrogen-bond acceptors (Lipinski definition) is 5. The number of fused-ring (bicyclic) bond motifs is 1. The van der Waals surface area contributed by atoms with Crippen LogP contribution in [0.2, 0.25) is 5.02 Å². The van der Waals surface area contributed by atoms with Crippen LogP contribution >= 0.6 is 22.9 Å². The van der Waals surface area contributed by atoms with Gasteiger partial charge in [-0.25, -0.2) is 9.79 Å². The summed E-state index contributed by atoms with van der Waals surface area (Å²) < 4.78 is 7.46. The lowest BCUT2D eigenvalue weighted by atomic mass is 9.96. The zero-order chi connectivity index (χ0) is 23.7. The van der Waals surface area contributed by atoms with E-state index in [1.165, 1.54) is 16.9 Å². The molecule has 1 aromatic heterocycles. The average Bonchev–Trinajstić information content (AvgIpc) is 3.08. The first kappa shape index (κ1) is 23.2. The minimum Gasteiger partial charge on any atom is -0.463 e. The Morgan fingerprint density at radius 2 is 1.85 bits per heavy atom. The Bertz CT molecular complexity index is 1400. The molecule has 0 saturated heterocycles. The molecule has 0 amide bonds. The van der Waals surface area contributed by atoms with Gasteiger partial charge < -0.3 is 4.74 Å². The molecular weight excluding hydrogens is 456 g/mol. The fourth-order valence-corrected chi connectivity index (χ4v) is 5.05. The molecule has 4 rings (SSSR count). The van der Waals surface area contributed by atoms with E-state index >= 15 is 0 Å². The monoisotopic (exact) mass is 480 g/mol. The quantitative estimate of drug-likeness (QED) is 0.502. The summed E-state index contributed by atoms with van der Waals surface area (Å²) in [5, 5.41) is 0.578. The molecule has 0 aliphatic carbocycles. The molecule has 33 heavy (non-hydrogen) atoms. The SMILES string of the molecule is CCOC(=O)C1=C(C)N=c2s/c(=C/c3ccc(C(C)C)cc3)c(=O)n2C1c1ccc(Cl)cc1. The molecule has 0 saturated carbocycles. The lowest BCUT2D eigenvalue weighted by Crippen LogP contribution is -2.39. The molecule has 1 aliphatic heterocycles. The van der Waals surface area contributed by atoms with E-state index in [4.69, 9.17) is 16.3 Å². The van der Waals surface area contributed by atoms with Gasteiger partial charge in [0.05, 0.1) is 28.5 Å². The first-order valence-corrected chi connectivity index (χ1v) is 12.0. The van der Waals surface area contributed by atoms with E-state index in [9.17, 15) is 9.59 Å². The number of ether oxygens (including phenoxy) is 1. The van der Waals surface area contributed by atoms with E-state index in [-0.39, 0.29) is 12.2 Å². The average molecular weight is 481 g/mol. The molecule has 0 radical (unpaired) electrons. The Morgan fingerprint density at radius 3 is 2.45 bits per heavy atom. The van der Waals surface area contributed by atoms with Gasteiger partial charge in [0.2, 0.25) is 0 Å². The van der Waals surface area contributed by atoms with Crippen LogP contribution in [-0.2, 0) is 9.53 Å². The van der Waals surface area contributed by atoms with Crippen molar-refractivity contribution in [2.24, 2.45) is 4.99 Å². The van der Waals surface area contributed by atoms with E-state index in [1.807, 2.05) is 30.3 Å². The smallest absolute Gasteiger partial charge is 0.338 e. The van der Waals surface area contributed by atoms with Crippen molar-refractivity contribution in [1.29, 1.82) is 0 Å². The highest BCUT2D eigenvalue weighted by Crippen LogP contribution is 2.31. The summed E-state index contributed by atoms with van der Waals surface area (Å²) in [4.78, 5) is 31.6. The van der Waals surface area contributed by atoms with Gasteiger partial charge in [0.1, 0.15) is 0 Å². The molecule has 2 aromatic carbocycles. The van der Waals surface area contributed by atoms with Crippen LogP contribution in [0.15, 0.2) is 69.6 Å². The van der Waals surface area contributed by atoms with Crippen LogP contribution in [0.3, 0.4) is 0 Å². The molecule has 7 heteroatoms. The zero-order valence-electron chi connectivity index (χ0n) is 19.0. The van der Waals surface area contributed by atoms with Crippen molar-refractivity contribution in [2.45, 2.75) is 39.7 Å². The lowest BCUT2D eigenvalue weighted by Gasteiger charge is -2.24. The number of benzene rings is 2. The second-order valence-electron chi connectivity index (χ2n) is 8.18. The maximum Gasteiger partial charge on any atom is 0.338 e. The normalized spacial score (nSPS) is 16.1. The van der Waals surface area contributed by atoms with E-state index in [1.54, 1.807) is 30.5 Å².